The zero-order chi connectivity index (χ0) is 23.5. The van der Waals surface area contributed by atoms with Gasteiger partial charge in [-0.3, -0.25) is 0 Å². The Labute approximate surface area is 200 Å². The molecule has 0 unspecified atom stereocenters. The van der Waals surface area contributed by atoms with E-state index in [1.807, 2.05) is 0 Å². The van der Waals surface area contributed by atoms with Crippen molar-refractivity contribution in [2.45, 2.75) is 19.3 Å². The van der Waals surface area contributed by atoms with Crippen molar-refractivity contribution >= 4 is 34.0 Å². The van der Waals surface area contributed by atoms with E-state index < -0.39 is 0 Å². The van der Waals surface area contributed by atoms with E-state index >= 15 is 0 Å². The molecule has 2 aromatic heterocycles. The van der Waals surface area contributed by atoms with Crippen molar-refractivity contribution in [3.8, 4) is 18.2 Å². The van der Waals surface area contributed by atoms with E-state index in [-0.39, 0.29) is 0 Å². The van der Waals surface area contributed by atoms with Crippen molar-refractivity contribution in [1.29, 1.82) is 0 Å². The molecule has 1 saturated carbocycles. The number of pyridine rings is 1. The first-order valence-electron chi connectivity index (χ1n) is 11.9. The standard InChI is InChI=1S/C26H31N7O/c1-4-19-14-24(34-3)30-25-21(19)17-28-26(31-25)29-20-8-9-23(33-12-10-32(2)11-13-33)22(15-20)27-16-18-6-5-7-18/h1,8-9,14-15,17-18,27H,5-7,10-13,16H2,2-3H3,(H,28,29,30,31). The number of hydrogen-bond donors (Lipinski definition) is 2. The number of benzene rings is 1. The summed E-state index contributed by atoms with van der Waals surface area (Å²) in [5.74, 6) is 4.33. The fraction of sp³-hybridized carbons (Fsp3) is 0.423. The lowest BCUT2D eigenvalue weighted by atomic mass is 9.85. The van der Waals surface area contributed by atoms with Crippen molar-refractivity contribution in [2.75, 3.05) is 62.4 Å². The summed E-state index contributed by atoms with van der Waals surface area (Å²) in [5.41, 5.74) is 4.49. The maximum Gasteiger partial charge on any atom is 0.229 e. The molecule has 0 spiro atoms. The summed E-state index contributed by atoms with van der Waals surface area (Å²) < 4.78 is 5.27. The summed E-state index contributed by atoms with van der Waals surface area (Å²) in [6.07, 6.45) is 11.3. The van der Waals surface area contributed by atoms with Crippen LogP contribution in [-0.4, -0.2) is 66.7 Å². The fourth-order valence-corrected chi connectivity index (χ4v) is 4.43. The van der Waals surface area contributed by atoms with Crippen LogP contribution in [0.2, 0.25) is 0 Å². The number of likely N-dealkylation sites (N-methyl/N-ethyl adjacent to an activating group) is 1. The summed E-state index contributed by atoms with van der Waals surface area (Å²) in [5, 5.41) is 7.79. The third-order valence-electron chi connectivity index (χ3n) is 6.81. The maximum absolute atomic E-state index is 5.65. The molecule has 0 bridgehead atoms. The van der Waals surface area contributed by atoms with Crippen LogP contribution in [0.4, 0.5) is 23.0 Å². The van der Waals surface area contributed by atoms with Crippen molar-refractivity contribution in [3.63, 3.8) is 0 Å². The summed E-state index contributed by atoms with van der Waals surface area (Å²) in [4.78, 5) is 18.3. The molecule has 8 heteroatoms. The van der Waals surface area contributed by atoms with Crippen molar-refractivity contribution in [1.82, 2.24) is 19.9 Å². The molecule has 2 N–H and O–H groups in total. The Balaban J connectivity index is 1.41. The van der Waals surface area contributed by atoms with E-state index in [0.717, 1.165) is 55.4 Å². The molecule has 34 heavy (non-hydrogen) atoms. The van der Waals surface area contributed by atoms with Crippen molar-refractivity contribution < 1.29 is 4.74 Å². The molecular formula is C26H31N7O. The first kappa shape index (κ1) is 22.2. The number of rotatable bonds is 7. The van der Waals surface area contributed by atoms with Crippen LogP contribution in [0.3, 0.4) is 0 Å². The number of methoxy groups -OCH3 is 1. The van der Waals surface area contributed by atoms with Crippen LogP contribution in [0, 0.1) is 18.3 Å². The molecule has 0 amide bonds. The SMILES string of the molecule is C#Cc1cc(OC)nc2nc(Nc3ccc(N4CCN(C)CC4)c(NCC4CCC4)c3)ncc12. The number of piperazine rings is 1. The fourth-order valence-electron chi connectivity index (χ4n) is 4.43. The maximum atomic E-state index is 5.65. The summed E-state index contributed by atoms with van der Waals surface area (Å²) >= 11 is 0. The van der Waals surface area contributed by atoms with Gasteiger partial charge in [-0.2, -0.15) is 9.97 Å². The van der Waals surface area contributed by atoms with Gasteiger partial charge in [0.15, 0.2) is 5.65 Å². The lowest BCUT2D eigenvalue weighted by Gasteiger charge is -2.36. The van der Waals surface area contributed by atoms with Gasteiger partial charge in [0.05, 0.1) is 23.9 Å². The van der Waals surface area contributed by atoms with Gasteiger partial charge >= 0.3 is 0 Å². The van der Waals surface area contributed by atoms with Gasteiger partial charge in [0, 0.05) is 56.2 Å². The minimum absolute atomic E-state index is 0.434. The van der Waals surface area contributed by atoms with Gasteiger partial charge in [0.2, 0.25) is 11.8 Å². The van der Waals surface area contributed by atoms with E-state index in [2.05, 4.69) is 66.6 Å². The molecule has 1 saturated heterocycles. The van der Waals surface area contributed by atoms with E-state index in [1.54, 1.807) is 19.4 Å². The Morgan fingerprint density at radius 3 is 2.68 bits per heavy atom. The van der Waals surface area contributed by atoms with E-state index in [4.69, 9.17) is 11.2 Å². The molecule has 1 aliphatic heterocycles. The van der Waals surface area contributed by atoms with Crippen molar-refractivity contribution in [2.24, 2.45) is 5.92 Å². The average Bonchev–Trinajstić information content (AvgIpc) is 2.83. The Morgan fingerprint density at radius 2 is 1.97 bits per heavy atom. The molecule has 3 aromatic rings. The van der Waals surface area contributed by atoms with Crippen LogP contribution in [-0.2, 0) is 0 Å². The second-order valence-electron chi connectivity index (χ2n) is 9.11. The largest absolute Gasteiger partial charge is 0.481 e. The quantitative estimate of drug-likeness (QED) is 0.520. The van der Waals surface area contributed by atoms with Crippen molar-refractivity contribution in [3.05, 3.63) is 36.0 Å². The molecule has 1 aliphatic carbocycles. The summed E-state index contributed by atoms with van der Waals surface area (Å²) in [6.45, 7) is 5.21. The summed E-state index contributed by atoms with van der Waals surface area (Å²) in [6, 6.07) is 8.15. The highest BCUT2D eigenvalue weighted by molar-refractivity contribution is 5.83. The zero-order valence-electron chi connectivity index (χ0n) is 19.8. The molecule has 5 rings (SSSR count). The van der Waals surface area contributed by atoms with Crippen LogP contribution in [0.15, 0.2) is 30.5 Å². The molecule has 2 aliphatic rings. The van der Waals surface area contributed by atoms with Crippen LogP contribution < -0.4 is 20.3 Å². The molecule has 2 fully saturated rings. The van der Waals surface area contributed by atoms with Gasteiger partial charge in [-0.05, 0) is 44.0 Å². The minimum atomic E-state index is 0.434. The third-order valence-corrected chi connectivity index (χ3v) is 6.81. The van der Waals surface area contributed by atoms with Gasteiger partial charge < -0.3 is 25.2 Å². The highest BCUT2D eigenvalue weighted by Gasteiger charge is 2.20. The Bertz CT molecular complexity index is 1210. The molecule has 8 nitrogen and oxygen atoms in total. The number of terminal acetylenes is 1. The van der Waals surface area contributed by atoms with E-state index in [1.165, 1.54) is 24.9 Å². The van der Waals surface area contributed by atoms with Crippen LogP contribution in [0.1, 0.15) is 24.8 Å². The van der Waals surface area contributed by atoms with Gasteiger partial charge in [-0.1, -0.05) is 12.3 Å². The molecular weight excluding hydrogens is 426 g/mol. The summed E-state index contributed by atoms with van der Waals surface area (Å²) in [7, 11) is 3.75. The van der Waals surface area contributed by atoms with E-state index in [0.29, 0.717) is 23.0 Å². The first-order valence-corrected chi connectivity index (χ1v) is 11.9. The topological polar surface area (TPSA) is 78.4 Å². The second-order valence-corrected chi connectivity index (χ2v) is 9.11. The number of fused-ring (bicyclic) bond motifs is 1. The zero-order valence-corrected chi connectivity index (χ0v) is 19.8. The smallest absolute Gasteiger partial charge is 0.229 e. The van der Waals surface area contributed by atoms with E-state index in [9.17, 15) is 0 Å². The molecule has 3 heterocycles. The van der Waals surface area contributed by atoms with Crippen LogP contribution >= 0.6 is 0 Å². The highest BCUT2D eigenvalue weighted by atomic mass is 16.5. The minimum Gasteiger partial charge on any atom is -0.481 e. The Kier molecular flexibility index (Phi) is 6.37. The second kappa shape index (κ2) is 9.74. The predicted octanol–water partition coefficient (Wildman–Crippen LogP) is 3.72. The Hall–Kier alpha value is -3.57. The molecule has 1 aromatic carbocycles. The Morgan fingerprint density at radius 1 is 1.15 bits per heavy atom. The first-order chi connectivity index (χ1) is 16.6. The van der Waals surface area contributed by atoms with Gasteiger partial charge in [0.1, 0.15) is 0 Å². The third kappa shape index (κ3) is 4.70. The number of nitrogens with one attached hydrogen (secondary N) is 2. The normalized spacial score (nSPS) is 16.7. The highest BCUT2D eigenvalue weighted by Crippen LogP contribution is 2.33. The van der Waals surface area contributed by atoms with Gasteiger partial charge in [-0.25, -0.2) is 4.98 Å². The molecule has 0 radical (unpaired) electrons. The number of nitrogens with zero attached hydrogens (tertiary/aromatic N) is 5. The van der Waals surface area contributed by atoms with Crippen LogP contribution in [0.25, 0.3) is 11.0 Å². The number of anilines is 4. The van der Waals surface area contributed by atoms with Gasteiger partial charge in [-0.15, -0.1) is 6.42 Å². The van der Waals surface area contributed by atoms with Gasteiger partial charge in [0.25, 0.3) is 0 Å². The lowest BCUT2D eigenvalue weighted by Crippen LogP contribution is -2.44. The predicted molar refractivity (Wildman–Crippen MR) is 137 cm³/mol. The number of aromatic nitrogens is 3. The number of hydrogen-bond acceptors (Lipinski definition) is 8. The monoisotopic (exact) mass is 457 g/mol. The lowest BCUT2D eigenvalue weighted by molar-refractivity contribution is 0.313. The molecule has 176 valence electrons. The average molecular weight is 458 g/mol. The number of ether oxygens (including phenoxy) is 1. The van der Waals surface area contributed by atoms with Crippen LogP contribution in [0.5, 0.6) is 5.88 Å². The molecule has 0 atom stereocenters.